The second-order valence-electron chi connectivity index (χ2n) is 3.52. The van der Waals surface area contributed by atoms with Crippen LogP contribution >= 0.6 is 0 Å². The number of nitrogens with one attached hydrogen (secondary N) is 1. The molecule has 0 atom stereocenters. The number of benzene rings is 1. The molecule has 1 N–H and O–H groups in total. The van der Waals surface area contributed by atoms with Crippen molar-refractivity contribution in [1.29, 1.82) is 0 Å². The van der Waals surface area contributed by atoms with E-state index in [9.17, 15) is 4.39 Å². The van der Waals surface area contributed by atoms with Crippen LogP contribution in [-0.4, -0.2) is 12.0 Å². The Morgan fingerprint density at radius 1 is 1.24 bits per heavy atom. The van der Waals surface area contributed by atoms with Crippen molar-refractivity contribution < 1.29 is 9.13 Å². The molecular formula is C13H13FN2O. The maximum Gasteiger partial charge on any atom is 0.165 e. The number of para-hydroxylation sites is 1. The van der Waals surface area contributed by atoms with Crippen LogP contribution in [0.4, 0.5) is 10.2 Å². The highest BCUT2D eigenvalue weighted by atomic mass is 19.1. The summed E-state index contributed by atoms with van der Waals surface area (Å²) in [5, 5.41) is 2.93. The van der Waals surface area contributed by atoms with E-state index in [4.69, 9.17) is 4.74 Å². The molecule has 0 saturated heterocycles. The van der Waals surface area contributed by atoms with Gasteiger partial charge in [-0.2, -0.15) is 0 Å². The summed E-state index contributed by atoms with van der Waals surface area (Å²) in [4.78, 5) is 4.15. The Hall–Kier alpha value is -2.10. The van der Waals surface area contributed by atoms with E-state index in [1.54, 1.807) is 31.4 Å². The van der Waals surface area contributed by atoms with Gasteiger partial charge < -0.3 is 10.1 Å². The molecule has 0 aliphatic carbocycles. The Balaban J connectivity index is 2.00. The molecular weight excluding hydrogens is 219 g/mol. The lowest BCUT2D eigenvalue weighted by Crippen LogP contribution is -1.99. The number of pyridine rings is 1. The number of aromatic nitrogens is 1. The van der Waals surface area contributed by atoms with Crippen LogP contribution in [0, 0.1) is 5.82 Å². The molecule has 0 saturated carbocycles. The zero-order valence-corrected chi connectivity index (χ0v) is 9.48. The Morgan fingerprint density at radius 3 is 2.71 bits per heavy atom. The summed E-state index contributed by atoms with van der Waals surface area (Å²) in [7, 11) is 1.80. The largest absolute Gasteiger partial charge is 0.486 e. The first-order valence-corrected chi connectivity index (χ1v) is 5.29. The summed E-state index contributed by atoms with van der Waals surface area (Å²) in [6, 6.07) is 10.1. The van der Waals surface area contributed by atoms with E-state index < -0.39 is 0 Å². The van der Waals surface area contributed by atoms with Gasteiger partial charge in [0.1, 0.15) is 12.4 Å². The second-order valence-corrected chi connectivity index (χ2v) is 3.52. The second kappa shape index (κ2) is 5.30. The molecule has 0 aliphatic rings. The number of hydrogen-bond donors (Lipinski definition) is 1. The molecule has 88 valence electrons. The molecule has 1 heterocycles. The van der Waals surface area contributed by atoms with Gasteiger partial charge in [0.15, 0.2) is 11.6 Å². The molecule has 1 aromatic heterocycles. The molecule has 0 unspecified atom stereocenters. The van der Waals surface area contributed by atoms with Crippen LogP contribution in [0.1, 0.15) is 5.56 Å². The number of anilines is 1. The molecule has 0 aliphatic heterocycles. The van der Waals surface area contributed by atoms with E-state index in [0.717, 1.165) is 11.4 Å². The highest BCUT2D eigenvalue weighted by molar-refractivity contribution is 5.34. The SMILES string of the molecule is CNc1ccc(COc2ccccc2F)cn1. The summed E-state index contributed by atoms with van der Waals surface area (Å²) >= 11 is 0. The molecule has 0 radical (unpaired) electrons. The van der Waals surface area contributed by atoms with Crippen LogP contribution in [0.2, 0.25) is 0 Å². The van der Waals surface area contributed by atoms with E-state index >= 15 is 0 Å². The molecule has 0 spiro atoms. The maximum absolute atomic E-state index is 13.3. The number of ether oxygens (including phenoxy) is 1. The normalized spacial score (nSPS) is 10.0. The average molecular weight is 232 g/mol. The first-order valence-electron chi connectivity index (χ1n) is 5.29. The first kappa shape index (κ1) is 11.4. The van der Waals surface area contributed by atoms with Crippen molar-refractivity contribution in [2.24, 2.45) is 0 Å². The topological polar surface area (TPSA) is 34.1 Å². The van der Waals surface area contributed by atoms with Crippen molar-refractivity contribution in [3.05, 3.63) is 54.0 Å². The van der Waals surface area contributed by atoms with Crippen LogP contribution in [0.5, 0.6) is 5.75 Å². The maximum atomic E-state index is 13.3. The van der Waals surface area contributed by atoms with E-state index in [-0.39, 0.29) is 11.6 Å². The van der Waals surface area contributed by atoms with Crippen molar-refractivity contribution in [1.82, 2.24) is 4.98 Å². The lowest BCUT2D eigenvalue weighted by atomic mass is 10.3. The molecule has 2 aromatic rings. The summed E-state index contributed by atoms with van der Waals surface area (Å²) < 4.78 is 18.6. The molecule has 0 fully saturated rings. The molecule has 0 amide bonds. The molecule has 1 aromatic carbocycles. The van der Waals surface area contributed by atoms with Gasteiger partial charge in [-0.1, -0.05) is 18.2 Å². The summed E-state index contributed by atoms with van der Waals surface area (Å²) in [6.07, 6.45) is 1.70. The van der Waals surface area contributed by atoms with Gasteiger partial charge in [0.25, 0.3) is 0 Å². The fourth-order valence-electron chi connectivity index (χ4n) is 1.38. The molecule has 4 heteroatoms. The number of hydrogen-bond acceptors (Lipinski definition) is 3. The highest BCUT2D eigenvalue weighted by Gasteiger charge is 2.02. The number of halogens is 1. The Labute approximate surface area is 99.3 Å². The third kappa shape index (κ3) is 2.93. The quantitative estimate of drug-likeness (QED) is 0.880. The van der Waals surface area contributed by atoms with Gasteiger partial charge in [-0.25, -0.2) is 9.37 Å². The standard InChI is InChI=1S/C13H13FN2O/c1-15-13-7-6-10(8-16-13)9-17-12-5-3-2-4-11(12)14/h2-8H,9H2,1H3,(H,15,16). The van der Waals surface area contributed by atoms with Gasteiger partial charge in [-0.05, 0) is 18.2 Å². The summed E-state index contributed by atoms with van der Waals surface area (Å²) in [5.74, 6) is 0.692. The predicted molar refractivity (Wildman–Crippen MR) is 64.5 cm³/mol. The smallest absolute Gasteiger partial charge is 0.165 e. The van der Waals surface area contributed by atoms with Gasteiger partial charge in [0.2, 0.25) is 0 Å². The van der Waals surface area contributed by atoms with Crippen molar-refractivity contribution in [2.75, 3.05) is 12.4 Å². The zero-order chi connectivity index (χ0) is 12.1. The molecule has 0 bridgehead atoms. The van der Waals surface area contributed by atoms with Crippen molar-refractivity contribution >= 4 is 5.82 Å². The Kier molecular flexibility index (Phi) is 3.55. The van der Waals surface area contributed by atoms with Crippen LogP contribution in [0.15, 0.2) is 42.6 Å². The Bertz CT molecular complexity index is 485. The van der Waals surface area contributed by atoms with E-state index in [2.05, 4.69) is 10.3 Å². The van der Waals surface area contributed by atoms with E-state index in [0.29, 0.717) is 6.61 Å². The predicted octanol–water partition coefficient (Wildman–Crippen LogP) is 2.84. The number of rotatable bonds is 4. The van der Waals surface area contributed by atoms with Crippen LogP contribution in [0.3, 0.4) is 0 Å². The van der Waals surface area contributed by atoms with Gasteiger partial charge in [-0.15, -0.1) is 0 Å². The first-order chi connectivity index (χ1) is 8.29. The molecule has 2 rings (SSSR count). The van der Waals surface area contributed by atoms with Crippen LogP contribution in [-0.2, 0) is 6.61 Å². The van der Waals surface area contributed by atoms with Gasteiger partial charge in [0, 0.05) is 18.8 Å². The average Bonchev–Trinajstić information content (AvgIpc) is 2.38. The molecule has 17 heavy (non-hydrogen) atoms. The fourth-order valence-corrected chi connectivity index (χ4v) is 1.38. The van der Waals surface area contributed by atoms with Crippen LogP contribution < -0.4 is 10.1 Å². The number of nitrogens with zero attached hydrogens (tertiary/aromatic N) is 1. The van der Waals surface area contributed by atoms with E-state index in [1.165, 1.54) is 6.07 Å². The summed E-state index contributed by atoms with van der Waals surface area (Å²) in [6.45, 7) is 0.303. The summed E-state index contributed by atoms with van der Waals surface area (Å²) in [5.41, 5.74) is 0.896. The minimum Gasteiger partial charge on any atom is -0.486 e. The third-order valence-electron chi connectivity index (χ3n) is 2.31. The Morgan fingerprint density at radius 2 is 2.06 bits per heavy atom. The fraction of sp³-hybridized carbons (Fsp3) is 0.154. The van der Waals surface area contributed by atoms with Crippen LogP contribution in [0.25, 0.3) is 0 Å². The van der Waals surface area contributed by atoms with Crippen molar-refractivity contribution in [3.8, 4) is 5.75 Å². The monoisotopic (exact) mass is 232 g/mol. The van der Waals surface area contributed by atoms with E-state index in [1.807, 2.05) is 12.1 Å². The zero-order valence-electron chi connectivity index (χ0n) is 9.48. The van der Waals surface area contributed by atoms with Gasteiger partial charge >= 0.3 is 0 Å². The lowest BCUT2D eigenvalue weighted by Gasteiger charge is -2.07. The van der Waals surface area contributed by atoms with Gasteiger partial charge in [-0.3, -0.25) is 0 Å². The van der Waals surface area contributed by atoms with Crippen molar-refractivity contribution in [2.45, 2.75) is 6.61 Å². The lowest BCUT2D eigenvalue weighted by molar-refractivity contribution is 0.290. The van der Waals surface area contributed by atoms with Gasteiger partial charge in [0.05, 0.1) is 0 Å². The van der Waals surface area contributed by atoms with Crippen molar-refractivity contribution in [3.63, 3.8) is 0 Å². The minimum absolute atomic E-state index is 0.255. The minimum atomic E-state index is -0.354. The highest BCUT2D eigenvalue weighted by Crippen LogP contribution is 2.17. The third-order valence-corrected chi connectivity index (χ3v) is 2.31. The molecule has 3 nitrogen and oxygen atoms in total.